The highest BCUT2D eigenvalue weighted by Crippen LogP contribution is 2.33. The number of hydrogen-bond donors (Lipinski definition) is 0. The lowest BCUT2D eigenvalue weighted by atomic mass is 10.1. The minimum absolute atomic E-state index is 0.0480. The smallest absolute Gasteiger partial charge is 0.341 e. The summed E-state index contributed by atoms with van der Waals surface area (Å²) in [4.78, 5) is 12.1. The molecule has 0 aliphatic rings. The number of aryl methyl sites for hydroxylation is 1. The van der Waals surface area contributed by atoms with Gasteiger partial charge in [-0.15, -0.1) is 10.2 Å². The van der Waals surface area contributed by atoms with E-state index in [9.17, 15) is 9.18 Å². The van der Waals surface area contributed by atoms with Gasteiger partial charge >= 0.3 is 5.97 Å². The van der Waals surface area contributed by atoms with Gasteiger partial charge in [-0.1, -0.05) is 35.5 Å². The summed E-state index contributed by atoms with van der Waals surface area (Å²) in [5, 5.41) is 12.0. The van der Waals surface area contributed by atoms with E-state index in [1.165, 1.54) is 19.2 Å². The van der Waals surface area contributed by atoms with Crippen LogP contribution >= 0.6 is 0 Å². The second-order valence-corrected chi connectivity index (χ2v) is 6.25. The monoisotopic (exact) mass is 409 g/mol. The molecule has 0 radical (unpaired) electrons. The third-order valence-corrected chi connectivity index (χ3v) is 4.31. The molecule has 0 unspecified atom stereocenters. The molecule has 0 amide bonds. The van der Waals surface area contributed by atoms with Crippen LogP contribution in [-0.4, -0.2) is 28.4 Å². The lowest BCUT2D eigenvalue weighted by Crippen LogP contribution is -2.08. The minimum atomic E-state index is -0.860. The van der Waals surface area contributed by atoms with Gasteiger partial charge in [0.2, 0.25) is 0 Å². The van der Waals surface area contributed by atoms with Gasteiger partial charge in [-0.2, -0.15) is 0 Å². The zero-order chi connectivity index (χ0) is 21.1. The van der Waals surface area contributed by atoms with E-state index in [-0.39, 0.29) is 24.0 Å². The number of rotatable bonds is 6. The highest BCUT2D eigenvalue weighted by Gasteiger charge is 2.22. The second kappa shape index (κ2) is 8.16. The van der Waals surface area contributed by atoms with E-state index in [0.29, 0.717) is 22.8 Å². The van der Waals surface area contributed by atoms with E-state index in [2.05, 4.69) is 15.4 Å². The zero-order valence-electron chi connectivity index (χ0n) is 16.1. The minimum Gasteiger partial charge on any atom is -0.497 e. The number of hydrogen-bond acceptors (Lipinski definition) is 8. The Bertz CT molecular complexity index is 1190. The molecule has 0 N–H and O–H groups in total. The van der Waals surface area contributed by atoms with Crippen LogP contribution in [0.3, 0.4) is 0 Å². The first-order valence-electron chi connectivity index (χ1n) is 8.92. The van der Waals surface area contributed by atoms with E-state index < -0.39 is 11.8 Å². The summed E-state index contributed by atoms with van der Waals surface area (Å²) in [5.41, 5.74) is 1.70. The molecule has 4 aromatic rings. The fraction of sp³-hybridized carbons (Fsp3) is 0.143. The van der Waals surface area contributed by atoms with Crippen LogP contribution < -0.4 is 4.74 Å². The van der Waals surface area contributed by atoms with E-state index in [1.54, 1.807) is 6.92 Å². The maximum Gasteiger partial charge on any atom is 0.341 e. The number of ether oxygens (including phenoxy) is 2. The molecule has 0 aliphatic heterocycles. The Kier molecular flexibility index (Phi) is 5.25. The standard InChI is InChI=1S/C21H16FN3O5/c1-12-18(19(25-30-12)13-6-4-3-5-7-13)20-24-23-17(29-20)11-28-21(26)15-9-8-14(27-2)10-16(15)22/h3-10H,11H2,1-2H3. The number of methoxy groups -OCH3 is 1. The average molecular weight is 409 g/mol. The molecule has 0 atom stereocenters. The van der Waals surface area contributed by atoms with Gasteiger partial charge in [-0.3, -0.25) is 0 Å². The number of halogens is 1. The first-order valence-corrected chi connectivity index (χ1v) is 8.92. The molecule has 2 aromatic heterocycles. The molecular formula is C21H16FN3O5. The van der Waals surface area contributed by atoms with E-state index in [1.807, 2.05) is 30.3 Å². The lowest BCUT2D eigenvalue weighted by molar-refractivity contribution is 0.0433. The Morgan fingerprint density at radius 1 is 1.13 bits per heavy atom. The third kappa shape index (κ3) is 3.77. The van der Waals surface area contributed by atoms with Crippen LogP contribution in [0, 0.1) is 12.7 Å². The fourth-order valence-electron chi connectivity index (χ4n) is 2.82. The first kappa shape index (κ1) is 19.3. The summed E-state index contributed by atoms with van der Waals surface area (Å²) in [5.74, 6) is -0.592. The van der Waals surface area contributed by atoms with Gasteiger partial charge in [0.25, 0.3) is 11.8 Å². The quantitative estimate of drug-likeness (QED) is 0.437. The van der Waals surface area contributed by atoms with Crippen molar-refractivity contribution in [3.63, 3.8) is 0 Å². The van der Waals surface area contributed by atoms with Crippen molar-refractivity contribution in [3.05, 3.63) is 71.6 Å². The highest BCUT2D eigenvalue weighted by molar-refractivity contribution is 5.89. The molecular weight excluding hydrogens is 393 g/mol. The van der Waals surface area contributed by atoms with E-state index >= 15 is 0 Å². The Morgan fingerprint density at radius 2 is 1.93 bits per heavy atom. The van der Waals surface area contributed by atoms with Gasteiger partial charge in [-0.25, -0.2) is 9.18 Å². The van der Waals surface area contributed by atoms with Crippen molar-refractivity contribution >= 4 is 5.97 Å². The van der Waals surface area contributed by atoms with Crippen LogP contribution in [0.1, 0.15) is 22.0 Å². The van der Waals surface area contributed by atoms with Gasteiger partial charge in [0.1, 0.15) is 28.6 Å². The Balaban J connectivity index is 1.51. The molecule has 9 heteroatoms. The van der Waals surface area contributed by atoms with Crippen LogP contribution in [0.5, 0.6) is 5.75 Å². The third-order valence-electron chi connectivity index (χ3n) is 4.31. The molecule has 2 aromatic carbocycles. The van der Waals surface area contributed by atoms with Crippen LogP contribution in [-0.2, 0) is 11.3 Å². The Labute approximate surface area is 170 Å². The van der Waals surface area contributed by atoms with Crippen molar-refractivity contribution in [2.75, 3.05) is 7.11 Å². The van der Waals surface area contributed by atoms with Gasteiger partial charge in [-0.05, 0) is 19.1 Å². The van der Waals surface area contributed by atoms with Gasteiger partial charge < -0.3 is 18.4 Å². The topological polar surface area (TPSA) is 100 Å². The average Bonchev–Trinajstić information content (AvgIpc) is 3.38. The van der Waals surface area contributed by atoms with Crippen LogP contribution in [0.2, 0.25) is 0 Å². The molecule has 0 saturated carbocycles. The van der Waals surface area contributed by atoms with Crippen molar-refractivity contribution in [3.8, 4) is 28.5 Å². The summed E-state index contributed by atoms with van der Waals surface area (Å²) in [6, 6.07) is 13.2. The predicted octanol–water partition coefficient (Wildman–Crippen LogP) is 4.20. The summed E-state index contributed by atoms with van der Waals surface area (Å²) in [7, 11) is 1.40. The second-order valence-electron chi connectivity index (χ2n) is 6.25. The molecule has 30 heavy (non-hydrogen) atoms. The molecule has 0 fully saturated rings. The Morgan fingerprint density at radius 3 is 2.67 bits per heavy atom. The summed E-state index contributed by atoms with van der Waals surface area (Å²) >= 11 is 0. The van der Waals surface area contributed by atoms with Crippen molar-refractivity contribution in [1.82, 2.24) is 15.4 Å². The molecule has 0 saturated heterocycles. The molecule has 0 aliphatic carbocycles. The zero-order valence-corrected chi connectivity index (χ0v) is 16.1. The van der Waals surface area contributed by atoms with Crippen molar-refractivity contribution in [1.29, 1.82) is 0 Å². The molecule has 8 nitrogen and oxygen atoms in total. The van der Waals surface area contributed by atoms with Crippen molar-refractivity contribution < 1.29 is 27.6 Å². The number of nitrogens with zero attached hydrogens (tertiary/aromatic N) is 3. The van der Waals surface area contributed by atoms with E-state index in [0.717, 1.165) is 11.6 Å². The number of carbonyl (C=O) groups is 1. The number of aromatic nitrogens is 3. The molecule has 0 bridgehead atoms. The maximum absolute atomic E-state index is 14.0. The Hall–Kier alpha value is -4.01. The summed E-state index contributed by atoms with van der Waals surface area (Å²) in [6.07, 6.45) is 0. The first-order chi connectivity index (χ1) is 14.6. The normalized spacial score (nSPS) is 10.8. The fourth-order valence-corrected chi connectivity index (χ4v) is 2.82. The molecule has 152 valence electrons. The van der Waals surface area contributed by atoms with Crippen molar-refractivity contribution in [2.24, 2.45) is 0 Å². The van der Waals surface area contributed by atoms with Crippen LogP contribution in [0.15, 0.2) is 57.5 Å². The molecule has 2 heterocycles. The van der Waals surface area contributed by atoms with Gasteiger partial charge in [0.05, 0.1) is 12.7 Å². The number of carbonyl (C=O) groups excluding carboxylic acids is 1. The van der Waals surface area contributed by atoms with Crippen molar-refractivity contribution in [2.45, 2.75) is 13.5 Å². The number of benzene rings is 2. The SMILES string of the molecule is COc1ccc(C(=O)OCc2nnc(-c3c(-c4ccccc4)noc3C)o2)c(F)c1. The maximum atomic E-state index is 14.0. The van der Waals surface area contributed by atoms with Crippen LogP contribution in [0.25, 0.3) is 22.7 Å². The lowest BCUT2D eigenvalue weighted by Gasteiger charge is -2.05. The van der Waals surface area contributed by atoms with Gasteiger partial charge in [0, 0.05) is 11.6 Å². The van der Waals surface area contributed by atoms with Crippen LogP contribution in [0.4, 0.5) is 4.39 Å². The largest absolute Gasteiger partial charge is 0.497 e. The molecule has 4 rings (SSSR count). The highest BCUT2D eigenvalue weighted by atomic mass is 19.1. The molecule has 0 spiro atoms. The summed E-state index contributed by atoms with van der Waals surface area (Å²) < 4.78 is 34.9. The van der Waals surface area contributed by atoms with Gasteiger partial charge in [0.15, 0.2) is 6.61 Å². The summed E-state index contributed by atoms with van der Waals surface area (Å²) in [6.45, 7) is 1.41. The predicted molar refractivity (Wildman–Crippen MR) is 102 cm³/mol. The van der Waals surface area contributed by atoms with E-state index in [4.69, 9.17) is 18.4 Å². The number of esters is 1.